The van der Waals surface area contributed by atoms with Gasteiger partial charge in [0, 0.05) is 16.6 Å². The van der Waals surface area contributed by atoms with Crippen LogP contribution in [0.1, 0.15) is 12.5 Å². The van der Waals surface area contributed by atoms with Crippen molar-refractivity contribution in [3.05, 3.63) is 62.1 Å². The summed E-state index contributed by atoms with van der Waals surface area (Å²) in [6.07, 6.45) is 1.63. The molecule has 0 aliphatic carbocycles. The summed E-state index contributed by atoms with van der Waals surface area (Å²) in [7, 11) is 3.05. The fourth-order valence-corrected chi connectivity index (χ4v) is 3.23. The van der Waals surface area contributed by atoms with Crippen LogP contribution in [-0.2, 0) is 9.53 Å². The summed E-state index contributed by atoms with van der Waals surface area (Å²) in [5.41, 5.74) is 1.21. The number of carbonyl (C=O) groups excluding carboxylic acids is 1. The van der Waals surface area contributed by atoms with Gasteiger partial charge in [-0.3, -0.25) is 14.9 Å². The molecule has 1 aliphatic heterocycles. The number of nitrogens with zero attached hydrogens (tertiary/aromatic N) is 3. The van der Waals surface area contributed by atoms with Crippen LogP contribution < -0.4 is 14.5 Å². The molecule has 0 saturated heterocycles. The number of halogens is 1. The summed E-state index contributed by atoms with van der Waals surface area (Å²) in [6, 6.07) is 8.99. The van der Waals surface area contributed by atoms with Crippen molar-refractivity contribution in [3.63, 3.8) is 0 Å². The predicted molar refractivity (Wildman–Crippen MR) is 115 cm³/mol. The summed E-state index contributed by atoms with van der Waals surface area (Å²) in [6.45, 7) is 2.09. The lowest BCUT2D eigenvalue weighted by atomic mass is 10.1. The first-order chi connectivity index (χ1) is 14.4. The molecule has 1 aliphatic rings. The van der Waals surface area contributed by atoms with E-state index in [-0.39, 0.29) is 17.2 Å². The number of benzene rings is 2. The van der Waals surface area contributed by atoms with Crippen molar-refractivity contribution < 1.29 is 23.9 Å². The minimum Gasteiger partial charge on any atom is -0.493 e. The maximum absolute atomic E-state index is 13.1. The molecule has 1 amide bonds. The van der Waals surface area contributed by atoms with E-state index < -0.39 is 10.8 Å². The lowest BCUT2D eigenvalue weighted by Crippen LogP contribution is -2.21. The van der Waals surface area contributed by atoms with Gasteiger partial charge in [0.05, 0.1) is 31.4 Å². The Kier molecular flexibility index (Phi) is 6.36. The first-order valence-corrected chi connectivity index (χ1v) is 9.62. The van der Waals surface area contributed by atoms with Gasteiger partial charge in [-0.2, -0.15) is 5.01 Å². The average molecular weight is 476 g/mol. The van der Waals surface area contributed by atoms with Gasteiger partial charge in [-0.25, -0.2) is 0 Å². The maximum atomic E-state index is 13.1. The second-order valence-corrected chi connectivity index (χ2v) is 6.87. The Balaban J connectivity index is 2.02. The number of ether oxygens (including phenoxy) is 3. The zero-order chi connectivity index (χ0) is 21.8. The number of hydrogen-bond acceptors (Lipinski definition) is 7. The number of nitro groups is 1. The molecule has 0 N–H and O–H groups in total. The average Bonchev–Trinajstić information content (AvgIpc) is 3.04. The van der Waals surface area contributed by atoms with Gasteiger partial charge in [0.25, 0.3) is 11.6 Å². The zero-order valence-electron chi connectivity index (χ0n) is 16.4. The largest absolute Gasteiger partial charge is 0.493 e. The summed E-state index contributed by atoms with van der Waals surface area (Å²) in [5, 5.41) is 16.3. The van der Waals surface area contributed by atoms with Gasteiger partial charge in [-0.15, -0.1) is 5.10 Å². The number of non-ortho nitro benzene ring substituents is 1. The van der Waals surface area contributed by atoms with E-state index in [0.29, 0.717) is 33.8 Å². The van der Waals surface area contributed by atoms with Gasteiger partial charge in [0.2, 0.25) is 5.90 Å². The molecule has 10 heteroatoms. The lowest BCUT2D eigenvalue weighted by Gasteiger charge is -2.11. The van der Waals surface area contributed by atoms with E-state index >= 15 is 0 Å². The number of anilines is 1. The van der Waals surface area contributed by atoms with Crippen LogP contribution in [-0.4, -0.2) is 37.6 Å². The highest BCUT2D eigenvalue weighted by molar-refractivity contribution is 9.10. The van der Waals surface area contributed by atoms with Crippen molar-refractivity contribution in [2.45, 2.75) is 6.92 Å². The van der Waals surface area contributed by atoms with E-state index in [2.05, 4.69) is 21.0 Å². The predicted octanol–water partition coefficient (Wildman–Crippen LogP) is 4.15. The summed E-state index contributed by atoms with van der Waals surface area (Å²) < 4.78 is 16.8. The first kappa shape index (κ1) is 21.3. The highest BCUT2D eigenvalue weighted by atomic mass is 79.9. The van der Waals surface area contributed by atoms with Crippen LogP contribution in [0.3, 0.4) is 0 Å². The SMILES string of the molecule is CCOC1=NN(c2ccc([N+](=O)[O-])cc2)C(=O)/C1=C/c1cc(OC)c(OC)cc1Br. The Morgan fingerprint density at radius 1 is 1.17 bits per heavy atom. The van der Waals surface area contributed by atoms with Crippen LogP contribution in [0, 0.1) is 10.1 Å². The van der Waals surface area contributed by atoms with Gasteiger partial charge >= 0.3 is 0 Å². The van der Waals surface area contributed by atoms with Crippen molar-refractivity contribution in [1.82, 2.24) is 0 Å². The topological polar surface area (TPSA) is 104 Å². The fraction of sp³-hybridized carbons (Fsp3) is 0.200. The number of carbonyl (C=O) groups is 1. The Bertz CT molecular complexity index is 1050. The first-order valence-electron chi connectivity index (χ1n) is 8.83. The number of amides is 1. The van der Waals surface area contributed by atoms with Crippen LogP contribution in [0.2, 0.25) is 0 Å². The van der Waals surface area contributed by atoms with E-state index in [1.807, 2.05) is 0 Å². The third kappa shape index (κ3) is 4.13. The maximum Gasteiger partial charge on any atom is 0.284 e. The molecule has 0 unspecified atom stereocenters. The number of methoxy groups -OCH3 is 2. The van der Waals surface area contributed by atoms with Gasteiger partial charge in [-0.1, -0.05) is 15.9 Å². The fourth-order valence-electron chi connectivity index (χ4n) is 2.79. The van der Waals surface area contributed by atoms with E-state index in [0.717, 1.165) is 5.01 Å². The third-order valence-electron chi connectivity index (χ3n) is 4.23. The van der Waals surface area contributed by atoms with Gasteiger partial charge < -0.3 is 14.2 Å². The molecule has 3 rings (SSSR count). The molecule has 0 atom stereocenters. The molecule has 156 valence electrons. The van der Waals surface area contributed by atoms with Crippen molar-refractivity contribution in [2.24, 2.45) is 5.10 Å². The van der Waals surface area contributed by atoms with Crippen LogP contribution in [0.5, 0.6) is 11.5 Å². The van der Waals surface area contributed by atoms with Crippen molar-refractivity contribution in [1.29, 1.82) is 0 Å². The summed E-state index contributed by atoms with van der Waals surface area (Å²) >= 11 is 3.47. The quantitative estimate of drug-likeness (QED) is 0.353. The smallest absolute Gasteiger partial charge is 0.284 e. The van der Waals surface area contributed by atoms with Gasteiger partial charge in [0.15, 0.2) is 11.5 Å². The molecule has 0 bridgehead atoms. The van der Waals surface area contributed by atoms with E-state index in [4.69, 9.17) is 14.2 Å². The summed E-state index contributed by atoms with van der Waals surface area (Å²) in [4.78, 5) is 23.4. The molecular formula is C20H18BrN3O6. The molecule has 0 fully saturated rings. The number of hydrazone groups is 1. The monoisotopic (exact) mass is 475 g/mol. The van der Waals surface area contributed by atoms with Crippen molar-refractivity contribution >= 4 is 45.2 Å². The van der Waals surface area contributed by atoms with E-state index in [1.54, 1.807) is 25.1 Å². The molecular weight excluding hydrogens is 458 g/mol. The summed E-state index contributed by atoms with van der Waals surface area (Å²) in [5.74, 6) is 0.770. The molecule has 0 radical (unpaired) electrons. The van der Waals surface area contributed by atoms with Crippen LogP contribution in [0.4, 0.5) is 11.4 Å². The standard InChI is InChI=1S/C20H18BrN3O6/c1-4-30-19-15(9-12-10-17(28-2)18(29-3)11-16(12)21)20(25)23(22-19)13-5-7-14(8-6-13)24(26)27/h5-11H,4H2,1-3H3/b15-9+. The number of hydrogen-bond donors (Lipinski definition) is 0. The molecule has 0 saturated carbocycles. The molecule has 0 spiro atoms. The van der Waals surface area contributed by atoms with Crippen molar-refractivity contribution in [2.75, 3.05) is 25.8 Å². The van der Waals surface area contributed by atoms with Crippen LogP contribution >= 0.6 is 15.9 Å². The van der Waals surface area contributed by atoms with E-state index in [1.165, 1.54) is 38.5 Å². The van der Waals surface area contributed by atoms with Crippen LogP contribution in [0.25, 0.3) is 6.08 Å². The molecule has 9 nitrogen and oxygen atoms in total. The lowest BCUT2D eigenvalue weighted by molar-refractivity contribution is -0.384. The minimum atomic E-state index is -0.510. The molecule has 30 heavy (non-hydrogen) atoms. The van der Waals surface area contributed by atoms with E-state index in [9.17, 15) is 14.9 Å². The highest BCUT2D eigenvalue weighted by Gasteiger charge is 2.33. The number of nitro benzene ring substituents is 1. The highest BCUT2D eigenvalue weighted by Crippen LogP contribution is 2.35. The molecule has 2 aromatic rings. The Morgan fingerprint density at radius 3 is 2.37 bits per heavy atom. The molecule has 1 heterocycles. The molecule has 2 aromatic carbocycles. The third-order valence-corrected chi connectivity index (χ3v) is 4.92. The second kappa shape index (κ2) is 8.95. The minimum absolute atomic E-state index is 0.0792. The van der Waals surface area contributed by atoms with Gasteiger partial charge in [-0.05, 0) is 42.8 Å². The normalized spacial score (nSPS) is 14.7. The second-order valence-electron chi connectivity index (χ2n) is 6.02. The zero-order valence-corrected chi connectivity index (χ0v) is 18.0. The van der Waals surface area contributed by atoms with Crippen molar-refractivity contribution in [3.8, 4) is 11.5 Å². The van der Waals surface area contributed by atoms with Gasteiger partial charge in [0.1, 0.15) is 5.57 Å². The van der Waals surface area contributed by atoms with Crippen LogP contribution in [0.15, 0.2) is 51.5 Å². The Labute approximate surface area is 180 Å². The number of rotatable bonds is 6. The molecule has 0 aromatic heterocycles. The Morgan fingerprint density at radius 2 is 1.80 bits per heavy atom. The Hall–Kier alpha value is -3.40.